The van der Waals surface area contributed by atoms with Gasteiger partial charge < -0.3 is 4.74 Å². The third-order valence-electron chi connectivity index (χ3n) is 2.92. The van der Waals surface area contributed by atoms with E-state index in [0.717, 1.165) is 5.69 Å². The molecule has 23 heavy (non-hydrogen) atoms. The highest BCUT2D eigenvalue weighted by Gasteiger charge is 2.16. The molecule has 0 aliphatic carbocycles. The number of para-hydroxylation sites is 2. The Morgan fingerprint density at radius 3 is 3.00 bits per heavy atom. The van der Waals surface area contributed by atoms with Crippen molar-refractivity contribution < 1.29 is 14.5 Å². The Morgan fingerprint density at radius 1 is 1.48 bits per heavy atom. The number of rotatable bonds is 5. The van der Waals surface area contributed by atoms with Crippen molar-refractivity contribution in [2.75, 3.05) is 11.9 Å². The number of aromatic nitrogens is 3. The molecule has 0 fully saturated rings. The lowest BCUT2D eigenvalue weighted by molar-refractivity contribution is -0.385. The molecule has 10 heteroatoms. The van der Waals surface area contributed by atoms with E-state index in [4.69, 9.17) is 4.74 Å². The maximum absolute atomic E-state index is 11.9. The van der Waals surface area contributed by atoms with Crippen LogP contribution in [0.15, 0.2) is 29.6 Å². The van der Waals surface area contributed by atoms with Crippen molar-refractivity contribution in [1.82, 2.24) is 14.6 Å². The Labute approximate surface area is 133 Å². The number of anilines is 1. The molecule has 3 aromatic rings. The van der Waals surface area contributed by atoms with Crippen molar-refractivity contribution >= 4 is 33.8 Å². The highest BCUT2D eigenvalue weighted by molar-refractivity contribution is 7.15. The van der Waals surface area contributed by atoms with Crippen LogP contribution in [0.25, 0.3) is 4.96 Å². The van der Waals surface area contributed by atoms with Crippen LogP contribution in [0, 0.1) is 17.0 Å². The molecule has 0 unspecified atom stereocenters. The summed E-state index contributed by atoms with van der Waals surface area (Å²) < 4.78 is 6.81. The lowest BCUT2D eigenvalue weighted by Crippen LogP contribution is -2.21. The zero-order valence-electron chi connectivity index (χ0n) is 11.9. The smallest absolute Gasteiger partial charge is 0.310 e. The average molecular weight is 333 g/mol. The lowest BCUT2D eigenvalue weighted by atomic mass is 10.3. The predicted octanol–water partition coefficient (Wildman–Crippen LogP) is 2.02. The monoisotopic (exact) mass is 333 g/mol. The Morgan fingerprint density at radius 2 is 2.26 bits per heavy atom. The molecule has 0 saturated heterocycles. The molecule has 2 aromatic heterocycles. The van der Waals surface area contributed by atoms with Gasteiger partial charge in [-0.3, -0.25) is 20.2 Å². The number of carbonyl (C=O) groups is 1. The third kappa shape index (κ3) is 3.11. The van der Waals surface area contributed by atoms with E-state index in [0.29, 0.717) is 4.96 Å². The molecule has 118 valence electrons. The molecule has 3 rings (SSSR count). The molecule has 2 heterocycles. The minimum atomic E-state index is -0.568. The summed E-state index contributed by atoms with van der Waals surface area (Å²) in [5.74, 6) is -0.308. The SMILES string of the molecule is Cc1csc2nc(NC(=O)COc3ccccc3[N+](=O)[O-])nn12. The Balaban J connectivity index is 1.64. The van der Waals surface area contributed by atoms with E-state index in [9.17, 15) is 14.9 Å². The van der Waals surface area contributed by atoms with Gasteiger partial charge in [0.2, 0.25) is 4.96 Å². The van der Waals surface area contributed by atoms with E-state index in [-0.39, 0.29) is 24.0 Å². The fourth-order valence-electron chi connectivity index (χ4n) is 1.88. The number of ether oxygens (including phenoxy) is 1. The van der Waals surface area contributed by atoms with Gasteiger partial charge in [-0.25, -0.2) is 4.52 Å². The highest BCUT2D eigenvalue weighted by atomic mass is 32.1. The molecule has 0 spiro atoms. The summed E-state index contributed by atoms with van der Waals surface area (Å²) in [6, 6.07) is 5.85. The van der Waals surface area contributed by atoms with Gasteiger partial charge in [-0.05, 0) is 13.0 Å². The number of thiazole rings is 1. The van der Waals surface area contributed by atoms with E-state index in [2.05, 4.69) is 15.4 Å². The van der Waals surface area contributed by atoms with Crippen molar-refractivity contribution in [2.24, 2.45) is 0 Å². The number of carbonyl (C=O) groups excluding carboxylic acids is 1. The van der Waals surface area contributed by atoms with E-state index < -0.39 is 10.8 Å². The van der Waals surface area contributed by atoms with Gasteiger partial charge >= 0.3 is 5.69 Å². The summed E-state index contributed by atoms with van der Waals surface area (Å²) in [6.45, 7) is 1.50. The minimum absolute atomic E-state index is 0.0299. The number of amides is 1. The molecular weight excluding hydrogens is 322 g/mol. The molecular formula is C13H11N5O4S. The molecule has 0 bridgehead atoms. The number of hydrogen-bond donors (Lipinski definition) is 1. The molecule has 0 saturated carbocycles. The molecule has 0 aliphatic rings. The largest absolute Gasteiger partial charge is 0.477 e. The molecule has 1 amide bonds. The van der Waals surface area contributed by atoms with Crippen LogP contribution in [0.2, 0.25) is 0 Å². The maximum Gasteiger partial charge on any atom is 0.310 e. The maximum atomic E-state index is 11.9. The standard InChI is InChI=1S/C13H11N5O4S/c1-8-7-23-13-15-12(16-17(8)13)14-11(19)6-22-10-5-3-2-4-9(10)18(20)21/h2-5,7H,6H2,1H3,(H,14,16,19). The van der Waals surface area contributed by atoms with Gasteiger partial charge in [-0.1, -0.05) is 12.1 Å². The Bertz CT molecular complexity index is 888. The van der Waals surface area contributed by atoms with Gasteiger partial charge in [-0.15, -0.1) is 16.4 Å². The van der Waals surface area contributed by atoms with E-state index in [1.165, 1.54) is 29.5 Å². The van der Waals surface area contributed by atoms with Gasteiger partial charge in [0.25, 0.3) is 11.9 Å². The molecule has 1 N–H and O–H groups in total. The Hall–Kier alpha value is -3.01. The zero-order chi connectivity index (χ0) is 16.4. The number of nitro benzene ring substituents is 1. The van der Waals surface area contributed by atoms with Crippen molar-refractivity contribution in [2.45, 2.75) is 6.92 Å². The average Bonchev–Trinajstić information content (AvgIpc) is 3.07. The number of fused-ring (bicyclic) bond motifs is 1. The van der Waals surface area contributed by atoms with Crippen molar-refractivity contribution in [1.29, 1.82) is 0 Å². The zero-order valence-corrected chi connectivity index (χ0v) is 12.7. The molecule has 0 atom stereocenters. The first-order valence-electron chi connectivity index (χ1n) is 6.51. The minimum Gasteiger partial charge on any atom is -0.477 e. The second-order valence-corrected chi connectivity index (χ2v) is 5.41. The van der Waals surface area contributed by atoms with Gasteiger partial charge in [-0.2, -0.15) is 4.98 Å². The number of nitrogens with one attached hydrogen (secondary N) is 1. The number of benzene rings is 1. The van der Waals surface area contributed by atoms with Crippen molar-refractivity contribution in [3.63, 3.8) is 0 Å². The highest BCUT2D eigenvalue weighted by Crippen LogP contribution is 2.25. The molecule has 0 radical (unpaired) electrons. The fourth-order valence-corrected chi connectivity index (χ4v) is 2.68. The van der Waals surface area contributed by atoms with Crippen LogP contribution < -0.4 is 10.1 Å². The Kier molecular flexibility index (Phi) is 3.89. The van der Waals surface area contributed by atoms with E-state index in [1.807, 2.05) is 12.3 Å². The van der Waals surface area contributed by atoms with Crippen LogP contribution in [-0.4, -0.2) is 32.0 Å². The van der Waals surface area contributed by atoms with Crippen LogP contribution in [0.1, 0.15) is 5.69 Å². The van der Waals surface area contributed by atoms with Crippen LogP contribution in [-0.2, 0) is 4.79 Å². The second-order valence-electron chi connectivity index (χ2n) is 4.57. The van der Waals surface area contributed by atoms with E-state index in [1.54, 1.807) is 10.6 Å². The summed E-state index contributed by atoms with van der Waals surface area (Å²) in [4.78, 5) is 27.0. The summed E-state index contributed by atoms with van der Waals surface area (Å²) in [5, 5.41) is 19.4. The number of nitrogens with zero attached hydrogens (tertiary/aromatic N) is 4. The van der Waals surface area contributed by atoms with Gasteiger partial charge in [0.05, 0.1) is 10.6 Å². The number of hydrogen-bond acceptors (Lipinski definition) is 7. The van der Waals surface area contributed by atoms with Crippen molar-refractivity contribution in [3.8, 4) is 5.75 Å². The summed E-state index contributed by atoms with van der Waals surface area (Å²) >= 11 is 1.41. The first-order valence-corrected chi connectivity index (χ1v) is 7.39. The topological polar surface area (TPSA) is 112 Å². The summed E-state index contributed by atoms with van der Waals surface area (Å²) in [7, 11) is 0. The van der Waals surface area contributed by atoms with Crippen molar-refractivity contribution in [3.05, 3.63) is 45.5 Å². The summed E-state index contributed by atoms with van der Waals surface area (Å²) in [6.07, 6.45) is 0. The van der Waals surface area contributed by atoms with Crippen LogP contribution in [0.4, 0.5) is 11.6 Å². The molecule has 0 aliphatic heterocycles. The number of nitro groups is 1. The van der Waals surface area contributed by atoms with E-state index >= 15 is 0 Å². The second kappa shape index (κ2) is 6.01. The van der Waals surface area contributed by atoms with Crippen LogP contribution in [0.5, 0.6) is 5.75 Å². The van der Waals surface area contributed by atoms with Gasteiger partial charge in [0.1, 0.15) is 0 Å². The predicted molar refractivity (Wildman–Crippen MR) is 82.8 cm³/mol. The van der Waals surface area contributed by atoms with Gasteiger partial charge in [0, 0.05) is 11.4 Å². The first-order chi connectivity index (χ1) is 11.0. The number of aryl methyl sites for hydroxylation is 1. The first kappa shape index (κ1) is 14.9. The van der Waals surface area contributed by atoms with Crippen LogP contribution >= 0.6 is 11.3 Å². The third-order valence-corrected chi connectivity index (χ3v) is 3.85. The summed E-state index contributed by atoms with van der Waals surface area (Å²) in [5.41, 5.74) is 0.714. The lowest BCUT2D eigenvalue weighted by Gasteiger charge is -2.05. The fraction of sp³-hybridized carbons (Fsp3) is 0.154. The molecule has 1 aromatic carbocycles. The van der Waals surface area contributed by atoms with Gasteiger partial charge in [0.15, 0.2) is 12.4 Å². The quantitative estimate of drug-likeness (QED) is 0.565. The van der Waals surface area contributed by atoms with Crippen LogP contribution in [0.3, 0.4) is 0 Å². The molecule has 9 nitrogen and oxygen atoms in total. The normalized spacial score (nSPS) is 10.7.